The van der Waals surface area contributed by atoms with E-state index in [0.29, 0.717) is 32.3 Å². The van der Waals surface area contributed by atoms with Crippen LogP contribution in [0.3, 0.4) is 0 Å². The lowest BCUT2D eigenvalue weighted by Gasteiger charge is -2.34. The lowest BCUT2D eigenvalue weighted by molar-refractivity contribution is -0.140. The van der Waals surface area contributed by atoms with Crippen LogP contribution in [-0.4, -0.2) is 44.3 Å². The fourth-order valence-corrected chi connectivity index (χ4v) is 6.79. The van der Waals surface area contributed by atoms with Gasteiger partial charge in [0.1, 0.15) is 12.6 Å². The Labute approximate surface area is 277 Å². The third kappa shape index (κ3) is 8.41. The number of amides is 2. The van der Waals surface area contributed by atoms with E-state index in [4.69, 9.17) is 23.2 Å². The molecule has 0 bridgehead atoms. The van der Waals surface area contributed by atoms with Crippen molar-refractivity contribution in [1.29, 1.82) is 0 Å². The van der Waals surface area contributed by atoms with Gasteiger partial charge in [-0.1, -0.05) is 99.3 Å². The largest absolute Gasteiger partial charge is 0.355 e. The van der Waals surface area contributed by atoms with Gasteiger partial charge in [0.05, 0.1) is 20.6 Å². The van der Waals surface area contributed by atoms with Crippen molar-refractivity contribution in [3.05, 3.63) is 128 Å². The van der Waals surface area contributed by atoms with E-state index in [0.717, 1.165) is 15.4 Å². The zero-order chi connectivity index (χ0) is 31.9. The molecule has 0 heterocycles. The summed E-state index contributed by atoms with van der Waals surface area (Å²) in [6.45, 7) is 3.44. The van der Waals surface area contributed by atoms with Crippen LogP contribution < -0.4 is 9.62 Å². The number of benzene rings is 4. The molecule has 11 heteroatoms. The van der Waals surface area contributed by atoms with Crippen LogP contribution in [0.1, 0.15) is 23.6 Å². The molecule has 44 heavy (non-hydrogen) atoms. The molecule has 0 radical (unpaired) electrons. The minimum atomic E-state index is -4.19. The van der Waals surface area contributed by atoms with Gasteiger partial charge in [-0.25, -0.2) is 8.42 Å². The fourth-order valence-electron chi connectivity index (χ4n) is 4.68. The Balaban J connectivity index is 1.81. The van der Waals surface area contributed by atoms with Gasteiger partial charge in [-0.05, 0) is 67.4 Å². The highest BCUT2D eigenvalue weighted by atomic mass is 79.9. The van der Waals surface area contributed by atoms with Gasteiger partial charge in [0.25, 0.3) is 10.0 Å². The molecule has 230 valence electrons. The second-order valence-corrected chi connectivity index (χ2v) is 13.8. The maximum absolute atomic E-state index is 14.4. The van der Waals surface area contributed by atoms with Crippen molar-refractivity contribution >= 4 is 66.7 Å². The van der Waals surface area contributed by atoms with E-state index in [2.05, 4.69) is 21.2 Å². The molecular weight excluding hydrogens is 685 g/mol. The van der Waals surface area contributed by atoms with Gasteiger partial charge in [0.15, 0.2) is 0 Å². The Morgan fingerprint density at radius 3 is 2.20 bits per heavy atom. The van der Waals surface area contributed by atoms with Crippen LogP contribution in [0, 0.1) is 6.92 Å². The summed E-state index contributed by atoms with van der Waals surface area (Å²) in [5.41, 5.74) is 2.66. The van der Waals surface area contributed by atoms with Gasteiger partial charge >= 0.3 is 0 Å². The van der Waals surface area contributed by atoms with Crippen molar-refractivity contribution in [2.45, 2.75) is 37.8 Å². The number of hydrogen-bond acceptors (Lipinski definition) is 4. The second kappa shape index (κ2) is 15.1. The average Bonchev–Trinajstić information content (AvgIpc) is 3.00. The van der Waals surface area contributed by atoms with E-state index in [1.54, 1.807) is 61.5 Å². The topological polar surface area (TPSA) is 86.8 Å². The zero-order valence-electron chi connectivity index (χ0n) is 24.2. The first kappa shape index (κ1) is 33.5. The van der Waals surface area contributed by atoms with Crippen LogP contribution in [0.4, 0.5) is 5.69 Å². The molecule has 0 saturated carbocycles. The summed E-state index contributed by atoms with van der Waals surface area (Å²) in [7, 11) is -4.19. The van der Waals surface area contributed by atoms with E-state index in [-0.39, 0.29) is 23.8 Å². The molecule has 4 aromatic carbocycles. The molecule has 0 fully saturated rings. The van der Waals surface area contributed by atoms with Crippen LogP contribution in [-0.2, 0) is 32.6 Å². The Morgan fingerprint density at radius 1 is 0.864 bits per heavy atom. The van der Waals surface area contributed by atoms with Crippen LogP contribution in [0.2, 0.25) is 10.0 Å². The number of halogens is 3. The van der Waals surface area contributed by atoms with Crippen LogP contribution in [0.25, 0.3) is 0 Å². The molecular formula is C33H32BrCl2N3O4S. The molecule has 0 aliphatic rings. The predicted molar refractivity (Wildman–Crippen MR) is 179 cm³/mol. The molecule has 0 aliphatic heterocycles. The Hall–Kier alpha value is -3.37. The number of nitrogens with zero attached hydrogens (tertiary/aromatic N) is 2. The molecule has 0 aromatic heterocycles. The van der Waals surface area contributed by atoms with Crippen molar-refractivity contribution in [2.24, 2.45) is 0 Å². The van der Waals surface area contributed by atoms with Crippen molar-refractivity contribution in [1.82, 2.24) is 10.2 Å². The van der Waals surface area contributed by atoms with Crippen LogP contribution >= 0.6 is 39.1 Å². The number of likely N-dealkylation sites (N-methyl/N-ethyl adjacent to an activating group) is 1. The molecule has 1 unspecified atom stereocenters. The van der Waals surface area contributed by atoms with E-state index < -0.39 is 28.5 Å². The van der Waals surface area contributed by atoms with Crippen LogP contribution in [0.15, 0.2) is 106 Å². The average molecular weight is 718 g/mol. The summed E-state index contributed by atoms with van der Waals surface area (Å²) in [5.74, 6) is -0.931. The highest BCUT2D eigenvalue weighted by Crippen LogP contribution is 2.28. The maximum atomic E-state index is 14.4. The number of aryl methyl sites for hydroxylation is 1. The summed E-state index contributed by atoms with van der Waals surface area (Å²) in [4.78, 5) is 29.4. The quantitative estimate of drug-likeness (QED) is 0.171. The first-order chi connectivity index (χ1) is 21.0. The first-order valence-electron chi connectivity index (χ1n) is 13.9. The number of carbonyl (C=O) groups excluding carboxylic acids is 2. The summed E-state index contributed by atoms with van der Waals surface area (Å²) in [5, 5.41) is 3.49. The van der Waals surface area contributed by atoms with Gasteiger partial charge in [-0.3, -0.25) is 13.9 Å². The molecule has 0 aliphatic carbocycles. The summed E-state index contributed by atoms with van der Waals surface area (Å²) < 4.78 is 29.9. The maximum Gasteiger partial charge on any atom is 0.264 e. The molecule has 0 spiro atoms. The summed E-state index contributed by atoms with van der Waals surface area (Å²) in [6, 6.07) is 26.5. The van der Waals surface area contributed by atoms with Crippen molar-refractivity contribution < 1.29 is 18.0 Å². The summed E-state index contributed by atoms with van der Waals surface area (Å²) in [6.07, 6.45) is 0.210. The number of hydrogen-bond donors (Lipinski definition) is 1. The van der Waals surface area contributed by atoms with E-state index in [9.17, 15) is 18.0 Å². The number of anilines is 1. The third-order valence-electron chi connectivity index (χ3n) is 6.94. The number of carbonyl (C=O) groups is 2. The van der Waals surface area contributed by atoms with Crippen LogP contribution in [0.5, 0.6) is 0 Å². The minimum absolute atomic E-state index is 0.0126. The Bertz CT molecular complexity index is 1720. The number of sulfonamides is 1. The molecule has 4 aromatic rings. The fraction of sp³-hybridized carbons (Fsp3) is 0.212. The second-order valence-electron chi connectivity index (χ2n) is 10.2. The van der Waals surface area contributed by atoms with Gasteiger partial charge in [-0.15, -0.1) is 0 Å². The highest BCUT2D eigenvalue weighted by Gasteiger charge is 2.34. The van der Waals surface area contributed by atoms with Crippen molar-refractivity contribution in [3.63, 3.8) is 0 Å². The van der Waals surface area contributed by atoms with Gasteiger partial charge < -0.3 is 10.2 Å². The standard InChI is InChI=1S/C33H32BrCl2N3O4S/c1-3-37-33(41)31(19-24-8-5-4-6-9-24)38(21-25-14-17-29(35)30(36)18-25)32(40)22-39(27-11-7-10-26(34)20-27)44(42,43)28-15-12-23(2)13-16-28/h4-18,20,31H,3,19,21-22H2,1-2H3,(H,37,41). The van der Waals surface area contributed by atoms with Gasteiger partial charge in [0.2, 0.25) is 11.8 Å². The van der Waals surface area contributed by atoms with E-state index in [1.807, 2.05) is 37.3 Å². The SMILES string of the molecule is CCNC(=O)C(Cc1ccccc1)N(Cc1ccc(Cl)c(Cl)c1)C(=O)CN(c1cccc(Br)c1)S(=O)(=O)c1ccc(C)cc1. The van der Waals surface area contributed by atoms with Gasteiger partial charge in [-0.2, -0.15) is 0 Å². The highest BCUT2D eigenvalue weighted by molar-refractivity contribution is 9.10. The molecule has 7 nitrogen and oxygen atoms in total. The molecule has 4 rings (SSSR count). The number of nitrogens with one attached hydrogen (secondary N) is 1. The third-order valence-corrected chi connectivity index (χ3v) is 9.96. The Kier molecular flexibility index (Phi) is 11.5. The van der Waals surface area contributed by atoms with Crippen molar-refractivity contribution in [3.8, 4) is 0 Å². The van der Waals surface area contributed by atoms with E-state index >= 15 is 0 Å². The Morgan fingerprint density at radius 2 is 1.57 bits per heavy atom. The van der Waals surface area contributed by atoms with Crippen molar-refractivity contribution in [2.75, 3.05) is 17.4 Å². The molecule has 2 amide bonds. The predicted octanol–water partition coefficient (Wildman–Crippen LogP) is 7.04. The van der Waals surface area contributed by atoms with E-state index in [1.165, 1.54) is 17.0 Å². The normalized spacial score (nSPS) is 11.9. The lowest BCUT2D eigenvalue weighted by Crippen LogP contribution is -2.53. The zero-order valence-corrected chi connectivity index (χ0v) is 28.1. The lowest BCUT2D eigenvalue weighted by atomic mass is 10.0. The monoisotopic (exact) mass is 715 g/mol. The van der Waals surface area contributed by atoms with Gasteiger partial charge in [0, 0.05) is 24.0 Å². The summed E-state index contributed by atoms with van der Waals surface area (Å²) >= 11 is 15.9. The smallest absolute Gasteiger partial charge is 0.264 e. The number of rotatable bonds is 12. The minimum Gasteiger partial charge on any atom is -0.355 e. The first-order valence-corrected chi connectivity index (χ1v) is 16.9. The molecule has 1 N–H and O–H groups in total. The molecule has 1 atom stereocenters. The molecule has 0 saturated heterocycles.